The molecule has 0 bridgehead atoms. The Labute approximate surface area is 184 Å². The van der Waals surface area contributed by atoms with Crippen LogP contribution in [0.3, 0.4) is 0 Å². The summed E-state index contributed by atoms with van der Waals surface area (Å²) in [6.07, 6.45) is 1.98. The lowest BCUT2D eigenvalue weighted by atomic mass is 9.96. The highest BCUT2D eigenvalue weighted by Gasteiger charge is 2.42. The number of nitrogens with one attached hydrogen (secondary N) is 2. The second-order valence-electron chi connectivity index (χ2n) is 7.53. The Bertz CT molecular complexity index is 1090. The number of aryl methyl sites for hydroxylation is 2. The molecule has 0 saturated carbocycles. The topological polar surface area (TPSA) is 87.7 Å². The molecule has 2 heterocycles. The standard InChI is InChI=1S/C23H23N3O4S/c1-13-4-7-16(10-14(13)2)24-19(27)11-26-18-12-30-22(28)20(18)21(25-23(26)29)15-5-8-17(31-3)9-6-15/h4-10,21H,11-12H2,1-3H3,(H,24,27)(H,25,29). The number of cyclic esters (lactones) is 1. The van der Waals surface area contributed by atoms with Gasteiger partial charge in [-0.05, 0) is 61.1 Å². The van der Waals surface area contributed by atoms with Crippen LogP contribution in [0, 0.1) is 13.8 Å². The van der Waals surface area contributed by atoms with E-state index in [0.717, 1.165) is 21.6 Å². The van der Waals surface area contributed by atoms with E-state index in [1.54, 1.807) is 11.8 Å². The van der Waals surface area contributed by atoms with E-state index in [-0.39, 0.29) is 19.1 Å². The fourth-order valence-electron chi connectivity index (χ4n) is 3.69. The van der Waals surface area contributed by atoms with Crippen molar-refractivity contribution in [3.63, 3.8) is 0 Å². The summed E-state index contributed by atoms with van der Waals surface area (Å²) in [6, 6.07) is 12.2. The van der Waals surface area contributed by atoms with Crippen molar-refractivity contribution in [1.82, 2.24) is 10.2 Å². The number of benzene rings is 2. The Hall–Kier alpha value is -3.26. The van der Waals surface area contributed by atoms with Gasteiger partial charge < -0.3 is 15.4 Å². The van der Waals surface area contributed by atoms with E-state index in [9.17, 15) is 14.4 Å². The van der Waals surface area contributed by atoms with Crippen LogP contribution in [-0.4, -0.2) is 42.2 Å². The van der Waals surface area contributed by atoms with Crippen molar-refractivity contribution in [3.05, 3.63) is 70.4 Å². The van der Waals surface area contributed by atoms with Crippen LogP contribution in [0.25, 0.3) is 0 Å². The van der Waals surface area contributed by atoms with Crippen LogP contribution in [0.1, 0.15) is 22.7 Å². The Kier molecular flexibility index (Phi) is 5.73. The van der Waals surface area contributed by atoms with Crippen molar-refractivity contribution >= 4 is 35.4 Å². The maximum absolute atomic E-state index is 12.9. The molecule has 0 aliphatic carbocycles. The minimum Gasteiger partial charge on any atom is -0.456 e. The summed E-state index contributed by atoms with van der Waals surface area (Å²) in [6.45, 7) is 3.72. The molecule has 2 aromatic rings. The first-order chi connectivity index (χ1) is 14.9. The van der Waals surface area contributed by atoms with Crippen molar-refractivity contribution in [2.75, 3.05) is 24.7 Å². The lowest BCUT2D eigenvalue weighted by molar-refractivity contribution is -0.136. The van der Waals surface area contributed by atoms with Gasteiger partial charge in [-0.2, -0.15) is 0 Å². The van der Waals surface area contributed by atoms with E-state index in [1.165, 1.54) is 4.90 Å². The smallest absolute Gasteiger partial charge is 0.338 e. The summed E-state index contributed by atoms with van der Waals surface area (Å²) in [5, 5.41) is 5.66. The molecule has 1 atom stereocenters. The lowest BCUT2D eigenvalue weighted by Crippen LogP contribution is -2.49. The zero-order chi connectivity index (χ0) is 22.1. The van der Waals surface area contributed by atoms with E-state index < -0.39 is 18.0 Å². The van der Waals surface area contributed by atoms with Gasteiger partial charge in [0.2, 0.25) is 5.91 Å². The summed E-state index contributed by atoms with van der Waals surface area (Å²) in [5.74, 6) is -0.833. The second-order valence-corrected chi connectivity index (χ2v) is 8.41. The van der Waals surface area contributed by atoms with Crippen LogP contribution < -0.4 is 10.6 Å². The molecule has 0 aromatic heterocycles. The van der Waals surface area contributed by atoms with Crippen molar-refractivity contribution in [2.45, 2.75) is 24.8 Å². The zero-order valence-corrected chi connectivity index (χ0v) is 18.3. The Morgan fingerprint density at radius 3 is 2.58 bits per heavy atom. The SMILES string of the molecule is CSc1ccc(C2NC(=O)N(CC(=O)Nc3ccc(C)c(C)c3)C3=C2C(=O)OC3)cc1. The van der Waals surface area contributed by atoms with Crippen molar-refractivity contribution in [3.8, 4) is 0 Å². The molecule has 0 radical (unpaired) electrons. The molecule has 31 heavy (non-hydrogen) atoms. The zero-order valence-electron chi connectivity index (χ0n) is 17.5. The maximum Gasteiger partial charge on any atom is 0.338 e. The first-order valence-corrected chi connectivity index (χ1v) is 11.1. The first kappa shape index (κ1) is 21.0. The highest BCUT2D eigenvalue weighted by Crippen LogP contribution is 2.35. The van der Waals surface area contributed by atoms with Gasteiger partial charge in [0.1, 0.15) is 13.2 Å². The number of rotatable bonds is 5. The number of thioether (sulfide) groups is 1. The lowest BCUT2D eigenvalue weighted by Gasteiger charge is -2.32. The quantitative estimate of drug-likeness (QED) is 0.552. The molecule has 0 fully saturated rings. The number of ether oxygens (including phenoxy) is 1. The van der Waals surface area contributed by atoms with Crippen molar-refractivity contribution < 1.29 is 19.1 Å². The molecule has 8 heteroatoms. The van der Waals surface area contributed by atoms with Gasteiger partial charge in [0, 0.05) is 10.6 Å². The Balaban J connectivity index is 1.57. The third kappa shape index (κ3) is 4.16. The molecule has 0 saturated heterocycles. The van der Waals surface area contributed by atoms with Crippen LogP contribution in [-0.2, 0) is 14.3 Å². The highest BCUT2D eigenvalue weighted by molar-refractivity contribution is 7.98. The van der Waals surface area contributed by atoms with Gasteiger partial charge in [0.05, 0.1) is 17.3 Å². The van der Waals surface area contributed by atoms with Gasteiger partial charge >= 0.3 is 12.0 Å². The van der Waals surface area contributed by atoms with Gasteiger partial charge in [0.15, 0.2) is 0 Å². The predicted octanol–water partition coefficient (Wildman–Crippen LogP) is 3.54. The summed E-state index contributed by atoms with van der Waals surface area (Å²) in [5.41, 5.74) is 4.44. The summed E-state index contributed by atoms with van der Waals surface area (Å²) in [4.78, 5) is 40.3. The van der Waals surface area contributed by atoms with E-state index in [1.807, 2.05) is 62.6 Å². The Morgan fingerprint density at radius 1 is 1.16 bits per heavy atom. The summed E-state index contributed by atoms with van der Waals surface area (Å²) in [7, 11) is 0. The minimum absolute atomic E-state index is 0.0299. The highest BCUT2D eigenvalue weighted by atomic mass is 32.2. The van der Waals surface area contributed by atoms with Crippen LogP contribution in [0.2, 0.25) is 0 Å². The number of anilines is 1. The van der Waals surface area contributed by atoms with Crippen molar-refractivity contribution in [2.24, 2.45) is 0 Å². The molecule has 7 nitrogen and oxygen atoms in total. The molecule has 3 amide bonds. The molecule has 0 spiro atoms. The molecule has 2 aliphatic rings. The molecule has 4 rings (SSSR count). The molecular weight excluding hydrogens is 414 g/mol. The summed E-state index contributed by atoms with van der Waals surface area (Å²) >= 11 is 1.61. The minimum atomic E-state index is -0.604. The van der Waals surface area contributed by atoms with Crippen LogP contribution in [0.5, 0.6) is 0 Å². The fourth-order valence-corrected chi connectivity index (χ4v) is 4.10. The van der Waals surface area contributed by atoms with E-state index in [0.29, 0.717) is 17.0 Å². The van der Waals surface area contributed by atoms with Crippen LogP contribution in [0.15, 0.2) is 58.6 Å². The number of hydrogen-bond acceptors (Lipinski definition) is 5. The molecular formula is C23H23N3O4S. The number of nitrogens with zero attached hydrogens (tertiary/aromatic N) is 1. The van der Waals surface area contributed by atoms with Crippen LogP contribution in [0.4, 0.5) is 10.5 Å². The molecule has 160 valence electrons. The number of hydrogen-bond donors (Lipinski definition) is 2. The average Bonchev–Trinajstić information content (AvgIpc) is 3.14. The summed E-state index contributed by atoms with van der Waals surface area (Å²) < 4.78 is 5.22. The molecule has 2 aliphatic heterocycles. The van der Waals surface area contributed by atoms with Crippen molar-refractivity contribution in [1.29, 1.82) is 0 Å². The molecule has 2 N–H and O–H groups in total. The second kappa shape index (κ2) is 8.47. The van der Waals surface area contributed by atoms with Crippen LogP contribution >= 0.6 is 11.8 Å². The monoisotopic (exact) mass is 437 g/mol. The molecule has 1 unspecified atom stereocenters. The number of carbonyl (C=O) groups excluding carboxylic acids is 3. The number of amides is 3. The fraction of sp³-hybridized carbons (Fsp3) is 0.261. The Morgan fingerprint density at radius 2 is 1.90 bits per heavy atom. The normalized spacial score (nSPS) is 17.9. The van der Waals surface area contributed by atoms with E-state index >= 15 is 0 Å². The number of carbonyl (C=O) groups is 3. The van der Waals surface area contributed by atoms with Gasteiger partial charge in [0.25, 0.3) is 0 Å². The number of esters is 1. The largest absolute Gasteiger partial charge is 0.456 e. The van der Waals surface area contributed by atoms with Gasteiger partial charge in [-0.15, -0.1) is 11.8 Å². The van der Waals surface area contributed by atoms with Gasteiger partial charge in [-0.1, -0.05) is 18.2 Å². The first-order valence-electron chi connectivity index (χ1n) is 9.86. The number of urea groups is 1. The van der Waals surface area contributed by atoms with Gasteiger partial charge in [-0.3, -0.25) is 9.69 Å². The predicted molar refractivity (Wildman–Crippen MR) is 119 cm³/mol. The molecule has 2 aromatic carbocycles. The van der Waals surface area contributed by atoms with E-state index in [4.69, 9.17) is 4.74 Å². The maximum atomic E-state index is 12.9. The van der Waals surface area contributed by atoms with Gasteiger partial charge in [-0.25, -0.2) is 9.59 Å². The average molecular weight is 438 g/mol. The van der Waals surface area contributed by atoms with E-state index in [2.05, 4.69) is 10.6 Å². The third-order valence-electron chi connectivity index (χ3n) is 5.54. The third-order valence-corrected chi connectivity index (χ3v) is 6.28.